The molecule has 4 heteroatoms. The van der Waals surface area contributed by atoms with Crippen molar-refractivity contribution in [2.45, 2.75) is 4.90 Å². The molecule has 0 amide bonds. The number of hydrogen-bond donors (Lipinski definition) is 0. The first-order valence-corrected chi connectivity index (χ1v) is 6.84. The Balaban J connectivity index is 2.51. The molecule has 90 valence electrons. The Kier molecular flexibility index (Phi) is 2.36. The van der Waals surface area contributed by atoms with Crippen molar-refractivity contribution in [2.24, 2.45) is 0 Å². The molecule has 0 saturated heterocycles. The highest BCUT2D eigenvalue weighted by Crippen LogP contribution is 2.27. The third-order valence-electron chi connectivity index (χ3n) is 2.98. The van der Waals surface area contributed by atoms with Gasteiger partial charge in [0.1, 0.15) is 10.1 Å². The molecule has 0 radical (unpaired) electrons. The van der Waals surface area contributed by atoms with Crippen LogP contribution in [0.1, 0.15) is 0 Å². The van der Waals surface area contributed by atoms with Crippen molar-refractivity contribution in [1.29, 1.82) is 0 Å². The monoisotopic (exact) mass is 257 g/mol. The zero-order valence-electron chi connectivity index (χ0n) is 9.33. The Hall–Kier alpha value is -1.91. The average Bonchev–Trinajstić information content (AvgIpc) is 2.34. The van der Waals surface area contributed by atoms with Crippen LogP contribution in [0.15, 0.2) is 59.5 Å². The van der Waals surface area contributed by atoms with Gasteiger partial charge in [-0.1, -0.05) is 36.4 Å². The Labute approximate surface area is 104 Å². The van der Waals surface area contributed by atoms with Gasteiger partial charge in [-0.15, -0.1) is 0 Å². The molecule has 0 aliphatic rings. The van der Waals surface area contributed by atoms with E-state index in [9.17, 15) is 13.0 Å². The molecule has 0 aliphatic carbocycles. The molecule has 3 nitrogen and oxygen atoms in total. The highest BCUT2D eigenvalue weighted by atomic mass is 32.2. The second-order valence-electron chi connectivity index (χ2n) is 4.13. The van der Waals surface area contributed by atoms with E-state index in [0.29, 0.717) is 5.39 Å². The van der Waals surface area contributed by atoms with E-state index in [4.69, 9.17) is 0 Å². The SMILES string of the molecule is O=S(=O)([O-])c1cccc2cc3ccccc3cc12. The smallest absolute Gasteiger partial charge is 0.125 e. The van der Waals surface area contributed by atoms with Crippen molar-refractivity contribution in [2.75, 3.05) is 0 Å². The minimum absolute atomic E-state index is 0.161. The summed E-state index contributed by atoms with van der Waals surface area (Å²) in [6.07, 6.45) is 0. The van der Waals surface area contributed by atoms with E-state index in [1.54, 1.807) is 18.2 Å². The van der Waals surface area contributed by atoms with Gasteiger partial charge < -0.3 is 4.55 Å². The second-order valence-corrected chi connectivity index (χ2v) is 5.48. The maximum Gasteiger partial charge on any atom is 0.125 e. The van der Waals surface area contributed by atoms with E-state index in [2.05, 4.69) is 0 Å². The van der Waals surface area contributed by atoms with Gasteiger partial charge in [-0.2, -0.15) is 0 Å². The van der Waals surface area contributed by atoms with E-state index in [0.717, 1.165) is 16.2 Å². The Morgan fingerprint density at radius 2 is 1.39 bits per heavy atom. The summed E-state index contributed by atoms with van der Waals surface area (Å²) in [6, 6.07) is 16.0. The molecule has 0 unspecified atom stereocenters. The summed E-state index contributed by atoms with van der Waals surface area (Å²) in [6.45, 7) is 0. The van der Waals surface area contributed by atoms with E-state index >= 15 is 0 Å². The van der Waals surface area contributed by atoms with Crippen LogP contribution in [0.25, 0.3) is 21.5 Å². The molecular weight excluding hydrogens is 248 g/mol. The predicted octanol–water partition coefficient (Wildman–Crippen LogP) is 2.90. The van der Waals surface area contributed by atoms with Crippen molar-refractivity contribution in [3.63, 3.8) is 0 Å². The molecule has 0 aliphatic heterocycles. The molecule has 18 heavy (non-hydrogen) atoms. The van der Waals surface area contributed by atoms with Gasteiger partial charge in [-0.3, -0.25) is 0 Å². The quantitative estimate of drug-likeness (QED) is 0.497. The van der Waals surface area contributed by atoms with Crippen LogP contribution in [0.5, 0.6) is 0 Å². The molecule has 0 atom stereocenters. The van der Waals surface area contributed by atoms with Crippen molar-refractivity contribution in [1.82, 2.24) is 0 Å². The van der Waals surface area contributed by atoms with Crippen LogP contribution in [-0.2, 0) is 10.1 Å². The number of rotatable bonds is 1. The maximum absolute atomic E-state index is 11.2. The topological polar surface area (TPSA) is 57.2 Å². The molecule has 3 aromatic carbocycles. The fourth-order valence-electron chi connectivity index (χ4n) is 2.16. The lowest BCUT2D eigenvalue weighted by atomic mass is 10.0. The van der Waals surface area contributed by atoms with Gasteiger partial charge in [-0.05, 0) is 39.7 Å². The summed E-state index contributed by atoms with van der Waals surface area (Å²) < 4.78 is 33.7. The highest BCUT2D eigenvalue weighted by molar-refractivity contribution is 7.86. The van der Waals surface area contributed by atoms with Crippen LogP contribution in [0.4, 0.5) is 0 Å². The van der Waals surface area contributed by atoms with Gasteiger partial charge in [0.15, 0.2) is 0 Å². The fraction of sp³-hybridized carbons (Fsp3) is 0. The average molecular weight is 257 g/mol. The van der Waals surface area contributed by atoms with Gasteiger partial charge in [0.25, 0.3) is 0 Å². The van der Waals surface area contributed by atoms with Crippen molar-refractivity contribution in [3.8, 4) is 0 Å². The normalized spacial score (nSPS) is 12.1. The largest absolute Gasteiger partial charge is 0.744 e. The molecule has 0 aromatic heterocycles. The minimum atomic E-state index is -4.45. The first kappa shape index (κ1) is 11.2. The second kappa shape index (κ2) is 3.80. The lowest BCUT2D eigenvalue weighted by molar-refractivity contribution is 0.464. The summed E-state index contributed by atoms with van der Waals surface area (Å²) in [7, 11) is -4.45. The van der Waals surface area contributed by atoms with Crippen molar-refractivity contribution >= 4 is 31.7 Å². The molecule has 0 saturated carbocycles. The van der Waals surface area contributed by atoms with Crippen molar-refractivity contribution in [3.05, 3.63) is 54.6 Å². The van der Waals surface area contributed by atoms with Gasteiger partial charge in [0, 0.05) is 0 Å². The number of fused-ring (bicyclic) bond motifs is 2. The summed E-state index contributed by atoms with van der Waals surface area (Å²) in [5, 5.41) is 3.17. The standard InChI is InChI=1S/C14H10O3S/c15-18(16,17)14-7-3-6-12-8-10-4-1-2-5-11(10)9-13(12)14/h1-9H,(H,15,16,17)/p-1. The molecule has 0 spiro atoms. The first-order chi connectivity index (χ1) is 8.55. The zero-order valence-corrected chi connectivity index (χ0v) is 10.1. The van der Waals surface area contributed by atoms with E-state index in [1.165, 1.54) is 6.07 Å². The Morgan fingerprint density at radius 1 is 0.778 bits per heavy atom. The number of benzene rings is 3. The molecular formula is C14H9O3S-. The van der Waals surface area contributed by atoms with E-state index in [-0.39, 0.29) is 4.90 Å². The van der Waals surface area contributed by atoms with Crippen LogP contribution >= 0.6 is 0 Å². The molecule has 0 fully saturated rings. The summed E-state index contributed by atoms with van der Waals surface area (Å²) in [5.41, 5.74) is 0. The number of hydrogen-bond acceptors (Lipinski definition) is 3. The van der Waals surface area contributed by atoms with Crippen molar-refractivity contribution < 1.29 is 13.0 Å². The van der Waals surface area contributed by atoms with E-state index in [1.807, 2.05) is 30.3 Å². The van der Waals surface area contributed by atoms with Crippen LogP contribution < -0.4 is 0 Å². The molecule has 3 aromatic rings. The van der Waals surface area contributed by atoms with Gasteiger partial charge in [0.05, 0.1) is 4.90 Å². The molecule has 0 N–H and O–H groups in total. The third kappa shape index (κ3) is 1.75. The predicted molar refractivity (Wildman–Crippen MR) is 69.4 cm³/mol. The zero-order chi connectivity index (χ0) is 12.8. The van der Waals surface area contributed by atoms with Gasteiger partial charge in [-0.25, -0.2) is 8.42 Å². The van der Waals surface area contributed by atoms with Gasteiger partial charge >= 0.3 is 0 Å². The lowest BCUT2D eigenvalue weighted by Gasteiger charge is -2.11. The highest BCUT2D eigenvalue weighted by Gasteiger charge is 2.07. The fourth-order valence-corrected chi connectivity index (χ4v) is 2.85. The first-order valence-electron chi connectivity index (χ1n) is 5.43. The Bertz CT molecular complexity index is 851. The maximum atomic E-state index is 11.2. The lowest BCUT2D eigenvalue weighted by Crippen LogP contribution is -1.99. The molecule has 3 rings (SSSR count). The molecule has 0 heterocycles. The van der Waals surface area contributed by atoms with Crippen LogP contribution in [0.3, 0.4) is 0 Å². The third-order valence-corrected chi connectivity index (χ3v) is 3.87. The minimum Gasteiger partial charge on any atom is -0.744 e. The van der Waals surface area contributed by atoms with Crippen LogP contribution in [0, 0.1) is 0 Å². The summed E-state index contributed by atoms with van der Waals surface area (Å²) >= 11 is 0. The summed E-state index contributed by atoms with van der Waals surface area (Å²) in [5.74, 6) is 0. The van der Waals surface area contributed by atoms with Crippen LogP contribution in [-0.4, -0.2) is 13.0 Å². The van der Waals surface area contributed by atoms with Crippen LogP contribution in [0.2, 0.25) is 0 Å². The summed E-state index contributed by atoms with van der Waals surface area (Å²) in [4.78, 5) is -0.161. The van der Waals surface area contributed by atoms with Gasteiger partial charge in [0.2, 0.25) is 0 Å². The van der Waals surface area contributed by atoms with E-state index < -0.39 is 10.1 Å². The Morgan fingerprint density at radius 3 is 2.06 bits per heavy atom. The molecule has 0 bridgehead atoms.